The van der Waals surface area contributed by atoms with Crippen molar-refractivity contribution >= 4 is 11.6 Å². The van der Waals surface area contributed by atoms with Crippen LogP contribution < -0.4 is 0 Å². The summed E-state index contributed by atoms with van der Waals surface area (Å²) in [6.45, 7) is 2.08. The Morgan fingerprint density at radius 1 is 1.33 bits per heavy atom. The van der Waals surface area contributed by atoms with E-state index in [9.17, 15) is 0 Å². The predicted molar refractivity (Wildman–Crippen MR) is 60.8 cm³/mol. The molecule has 15 heavy (non-hydrogen) atoms. The molecule has 0 atom stereocenters. The highest BCUT2D eigenvalue weighted by molar-refractivity contribution is 6.17. The third kappa shape index (κ3) is 1.88. The van der Waals surface area contributed by atoms with Crippen LogP contribution in [-0.2, 0) is 12.3 Å². The molecule has 0 fully saturated rings. The summed E-state index contributed by atoms with van der Waals surface area (Å²) in [4.78, 5) is 3.98. The first-order valence-corrected chi connectivity index (χ1v) is 5.42. The zero-order valence-electron chi connectivity index (χ0n) is 8.50. The predicted octanol–water partition coefficient (Wildman–Crippen LogP) is 2.77. The highest BCUT2D eigenvalue weighted by atomic mass is 35.5. The molecule has 0 spiro atoms. The van der Waals surface area contributed by atoms with Gasteiger partial charge in [0, 0.05) is 29.2 Å². The average Bonchev–Trinajstić information content (AvgIpc) is 2.72. The summed E-state index contributed by atoms with van der Waals surface area (Å²) in [5.74, 6) is 0.483. The van der Waals surface area contributed by atoms with Crippen molar-refractivity contribution in [2.45, 2.75) is 19.2 Å². The number of rotatable bonds is 3. The van der Waals surface area contributed by atoms with Crippen molar-refractivity contribution in [3.63, 3.8) is 0 Å². The minimum Gasteiger partial charge on any atom is -0.282 e. The van der Waals surface area contributed by atoms with Crippen LogP contribution in [0.1, 0.15) is 18.2 Å². The Morgan fingerprint density at radius 3 is 2.67 bits per heavy atom. The standard InChI is InChI=1S/C11H12ClN3/c1-2-10-9(7-12)11(15-14-10)8-3-5-13-6-4-8/h3-6H,2,7H2,1H3,(H,14,15). The van der Waals surface area contributed by atoms with E-state index in [1.807, 2.05) is 12.1 Å². The average molecular weight is 222 g/mol. The minimum atomic E-state index is 0.483. The number of nitrogens with one attached hydrogen (secondary N) is 1. The Balaban J connectivity index is 2.49. The number of H-pyrrole nitrogens is 1. The van der Waals surface area contributed by atoms with Crippen LogP contribution in [0.3, 0.4) is 0 Å². The Kier molecular flexibility index (Phi) is 3.02. The first-order valence-electron chi connectivity index (χ1n) is 4.89. The number of pyridine rings is 1. The topological polar surface area (TPSA) is 41.6 Å². The molecule has 0 bridgehead atoms. The lowest BCUT2D eigenvalue weighted by atomic mass is 10.1. The lowest BCUT2D eigenvalue weighted by molar-refractivity contribution is 0.968. The third-order valence-corrected chi connectivity index (χ3v) is 2.66. The zero-order valence-corrected chi connectivity index (χ0v) is 9.25. The van der Waals surface area contributed by atoms with Gasteiger partial charge in [0.1, 0.15) is 0 Å². The number of nitrogens with zero attached hydrogens (tertiary/aromatic N) is 2. The second-order valence-corrected chi connectivity index (χ2v) is 3.52. The second-order valence-electron chi connectivity index (χ2n) is 3.25. The number of hydrogen-bond donors (Lipinski definition) is 1. The van der Waals surface area contributed by atoms with E-state index in [1.54, 1.807) is 12.4 Å². The van der Waals surface area contributed by atoms with Crippen LogP contribution in [0, 0.1) is 0 Å². The maximum Gasteiger partial charge on any atom is 0.0968 e. The van der Waals surface area contributed by atoms with Crippen LogP contribution in [0.15, 0.2) is 24.5 Å². The fourth-order valence-electron chi connectivity index (χ4n) is 1.59. The van der Waals surface area contributed by atoms with E-state index in [0.29, 0.717) is 5.88 Å². The number of aromatic amines is 1. The molecule has 0 amide bonds. The second kappa shape index (κ2) is 4.45. The van der Waals surface area contributed by atoms with E-state index in [-0.39, 0.29) is 0 Å². The summed E-state index contributed by atoms with van der Waals surface area (Å²) >= 11 is 5.93. The molecule has 2 rings (SSSR count). The third-order valence-electron chi connectivity index (χ3n) is 2.39. The van der Waals surface area contributed by atoms with E-state index < -0.39 is 0 Å². The van der Waals surface area contributed by atoms with Crippen LogP contribution in [-0.4, -0.2) is 15.2 Å². The molecule has 0 aliphatic heterocycles. The van der Waals surface area contributed by atoms with Crippen molar-refractivity contribution in [3.05, 3.63) is 35.8 Å². The molecule has 3 nitrogen and oxygen atoms in total. The summed E-state index contributed by atoms with van der Waals surface area (Å²) in [6, 6.07) is 3.87. The highest BCUT2D eigenvalue weighted by Gasteiger charge is 2.12. The fraction of sp³-hybridized carbons (Fsp3) is 0.273. The van der Waals surface area contributed by atoms with Gasteiger partial charge in [0.2, 0.25) is 0 Å². The van der Waals surface area contributed by atoms with Gasteiger partial charge in [0.25, 0.3) is 0 Å². The lowest BCUT2D eigenvalue weighted by Gasteiger charge is -2.00. The maximum absolute atomic E-state index is 5.93. The summed E-state index contributed by atoms with van der Waals surface area (Å²) in [5, 5.41) is 7.31. The van der Waals surface area contributed by atoms with Gasteiger partial charge in [-0.3, -0.25) is 10.1 Å². The number of aryl methyl sites for hydroxylation is 1. The molecule has 0 aliphatic carbocycles. The van der Waals surface area contributed by atoms with Gasteiger partial charge in [-0.2, -0.15) is 5.10 Å². The van der Waals surface area contributed by atoms with E-state index in [2.05, 4.69) is 22.1 Å². The van der Waals surface area contributed by atoms with Crippen LogP contribution in [0.5, 0.6) is 0 Å². The van der Waals surface area contributed by atoms with E-state index in [0.717, 1.165) is 28.9 Å². The van der Waals surface area contributed by atoms with Crippen molar-refractivity contribution in [2.75, 3.05) is 0 Å². The first-order chi connectivity index (χ1) is 7.36. The van der Waals surface area contributed by atoms with Crippen molar-refractivity contribution < 1.29 is 0 Å². The molecule has 2 heterocycles. The highest BCUT2D eigenvalue weighted by Crippen LogP contribution is 2.24. The van der Waals surface area contributed by atoms with E-state index in [1.165, 1.54) is 0 Å². The van der Waals surface area contributed by atoms with Crippen molar-refractivity contribution in [2.24, 2.45) is 0 Å². The summed E-state index contributed by atoms with van der Waals surface area (Å²) < 4.78 is 0. The van der Waals surface area contributed by atoms with Crippen molar-refractivity contribution in [1.82, 2.24) is 15.2 Å². The molecule has 78 valence electrons. The van der Waals surface area contributed by atoms with E-state index >= 15 is 0 Å². The van der Waals surface area contributed by atoms with Gasteiger partial charge in [-0.25, -0.2) is 0 Å². The smallest absolute Gasteiger partial charge is 0.0968 e. The summed E-state index contributed by atoms with van der Waals surface area (Å²) in [6.07, 6.45) is 4.43. The van der Waals surface area contributed by atoms with E-state index in [4.69, 9.17) is 11.6 Å². The fourth-order valence-corrected chi connectivity index (χ4v) is 1.87. The van der Waals surface area contributed by atoms with Gasteiger partial charge >= 0.3 is 0 Å². The normalized spacial score (nSPS) is 10.5. The quantitative estimate of drug-likeness (QED) is 0.810. The number of aromatic nitrogens is 3. The SMILES string of the molecule is CCc1[nH]nc(-c2ccncc2)c1CCl. The molecule has 0 aromatic carbocycles. The number of hydrogen-bond acceptors (Lipinski definition) is 2. The maximum atomic E-state index is 5.93. The molecule has 0 aliphatic rings. The first kappa shape index (κ1) is 10.2. The monoisotopic (exact) mass is 221 g/mol. The molecule has 0 radical (unpaired) electrons. The van der Waals surface area contributed by atoms with Crippen molar-refractivity contribution in [1.29, 1.82) is 0 Å². The number of alkyl halides is 1. The molecular formula is C11H12ClN3. The number of halogens is 1. The minimum absolute atomic E-state index is 0.483. The van der Waals surface area contributed by atoms with Crippen molar-refractivity contribution in [3.8, 4) is 11.3 Å². The van der Waals surface area contributed by atoms with Crippen LogP contribution in [0.2, 0.25) is 0 Å². The van der Waals surface area contributed by atoms with Gasteiger partial charge < -0.3 is 0 Å². The lowest BCUT2D eigenvalue weighted by Crippen LogP contribution is -1.87. The molecule has 2 aromatic heterocycles. The Labute approximate surface area is 93.5 Å². The Bertz CT molecular complexity index is 436. The van der Waals surface area contributed by atoms with Gasteiger partial charge in [0.05, 0.1) is 11.6 Å². The molecule has 0 unspecified atom stereocenters. The van der Waals surface area contributed by atoms with Crippen LogP contribution >= 0.6 is 11.6 Å². The zero-order chi connectivity index (χ0) is 10.7. The van der Waals surface area contributed by atoms with Gasteiger partial charge in [0.15, 0.2) is 0 Å². The summed E-state index contributed by atoms with van der Waals surface area (Å²) in [7, 11) is 0. The largest absolute Gasteiger partial charge is 0.282 e. The van der Waals surface area contributed by atoms with Gasteiger partial charge in [-0.1, -0.05) is 6.92 Å². The molecule has 1 N–H and O–H groups in total. The van der Waals surface area contributed by atoms with Crippen LogP contribution in [0.25, 0.3) is 11.3 Å². The molecule has 0 saturated carbocycles. The molecule has 0 saturated heterocycles. The Hall–Kier alpha value is -1.35. The van der Waals surface area contributed by atoms with Gasteiger partial charge in [-0.05, 0) is 18.6 Å². The Morgan fingerprint density at radius 2 is 2.07 bits per heavy atom. The molecule has 4 heteroatoms. The van der Waals surface area contributed by atoms with Gasteiger partial charge in [-0.15, -0.1) is 11.6 Å². The molecular weight excluding hydrogens is 210 g/mol. The molecule has 2 aromatic rings. The van der Waals surface area contributed by atoms with Crippen LogP contribution in [0.4, 0.5) is 0 Å². The summed E-state index contributed by atoms with van der Waals surface area (Å²) in [5.41, 5.74) is 4.18.